The monoisotopic (exact) mass is 210 g/mol. The third-order valence-electron chi connectivity index (χ3n) is 3.50. The molecule has 2 fully saturated rings. The maximum absolute atomic E-state index is 11.6. The van der Waals surface area contributed by atoms with Crippen molar-refractivity contribution < 1.29 is 14.7 Å². The Hall–Kier alpha value is -1.06. The number of likely N-dealkylation sites (tertiary alicyclic amines) is 1. The van der Waals surface area contributed by atoms with Crippen LogP contribution in [0.2, 0.25) is 0 Å². The van der Waals surface area contributed by atoms with Crippen molar-refractivity contribution in [3.05, 3.63) is 0 Å². The number of carboxylic acids is 1. The fourth-order valence-corrected chi connectivity index (χ4v) is 2.75. The lowest BCUT2D eigenvalue weighted by Crippen LogP contribution is -2.50. The van der Waals surface area contributed by atoms with Crippen LogP contribution in [0, 0.1) is 0 Å². The Morgan fingerprint density at radius 1 is 1.20 bits per heavy atom. The second kappa shape index (κ2) is 4.21. The van der Waals surface area contributed by atoms with Crippen LogP contribution in [0.25, 0.3) is 0 Å². The van der Waals surface area contributed by atoms with Crippen molar-refractivity contribution in [1.29, 1.82) is 0 Å². The normalized spacial score (nSPS) is 28.4. The molecule has 1 amide bonds. The molecular formula is C11H16NO3-. The summed E-state index contributed by atoms with van der Waals surface area (Å²) in [4.78, 5) is 24.1. The van der Waals surface area contributed by atoms with Crippen molar-refractivity contribution in [2.75, 3.05) is 0 Å². The van der Waals surface area contributed by atoms with Gasteiger partial charge in [0.05, 0.1) is 12.0 Å². The Balaban J connectivity index is 2.09. The molecule has 0 N–H and O–H groups in total. The third kappa shape index (κ3) is 1.98. The van der Waals surface area contributed by atoms with Crippen LogP contribution >= 0.6 is 0 Å². The summed E-state index contributed by atoms with van der Waals surface area (Å²) < 4.78 is 0. The van der Waals surface area contributed by atoms with Gasteiger partial charge in [-0.25, -0.2) is 0 Å². The topological polar surface area (TPSA) is 60.4 Å². The zero-order valence-electron chi connectivity index (χ0n) is 8.78. The molecule has 0 aromatic carbocycles. The van der Waals surface area contributed by atoms with E-state index in [0.717, 1.165) is 25.7 Å². The van der Waals surface area contributed by atoms with Gasteiger partial charge in [-0.3, -0.25) is 4.79 Å². The quantitative estimate of drug-likeness (QED) is 0.647. The number of hydrogen-bond donors (Lipinski definition) is 0. The highest BCUT2D eigenvalue weighted by atomic mass is 16.4. The summed E-state index contributed by atoms with van der Waals surface area (Å²) >= 11 is 0. The molecule has 4 heteroatoms. The zero-order chi connectivity index (χ0) is 10.8. The maximum Gasteiger partial charge on any atom is 0.223 e. The maximum atomic E-state index is 11.6. The number of nitrogens with zero attached hydrogens (tertiary/aromatic N) is 1. The smallest absolute Gasteiger partial charge is 0.223 e. The molecule has 84 valence electrons. The van der Waals surface area contributed by atoms with E-state index in [1.807, 2.05) is 0 Å². The Morgan fingerprint density at radius 3 is 2.47 bits per heavy atom. The lowest BCUT2D eigenvalue weighted by Gasteiger charge is -2.36. The third-order valence-corrected chi connectivity index (χ3v) is 3.50. The zero-order valence-corrected chi connectivity index (χ0v) is 8.78. The fraction of sp³-hybridized carbons (Fsp3) is 0.818. The molecule has 1 heterocycles. The number of hydrogen-bond acceptors (Lipinski definition) is 3. The van der Waals surface area contributed by atoms with Crippen LogP contribution in [-0.4, -0.2) is 28.9 Å². The standard InChI is InChI=1S/C11H17NO3/c13-10-7-6-9(11(14)15)12(10)8-4-2-1-3-5-8/h8-9H,1-7H2,(H,14,15)/p-1. The molecule has 1 saturated heterocycles. The van der Waals surface area contributed by atoms with E-state index in [9.17, 15) is 14.7 Å². The van der Waals surface area contributed by atoms with Gasteiger partial charge >= 0.3 is 0 Å². The predicted octanol–water partition coefficient (Wildman–Crippen LogP) is 0.0600. The Kier molecular flexibility index (Phi) is 2.93. The lowest BCUT2D eigenvalue weighted by atomic mass is 9.93. The molecule has 2 rings (SSSR count). The molecule has 15 heavy (non-hydrogen) atoms. The van der Waals surface area contributed by atoms with Gasteiger partial charge in [-0.2, -0.15) is 0 Å². The van der Waals surface area contributed by atoms with E-state index in [2.05, 4.69) is 0 Å². The number of carboxylic acid groups (broad SMARTS) is 1. The Morgan fingerprint density at radius 2 is 1.87 bits per heavy atom. The van der Waals surface area contributed by atoms with Crippen LogP contribution in [0.4, 0.5) is 0 Å². The van der Waals surface area contributed by atoms with E-state index < -0.39 is 12.0 Å². The van der Waals surface area contributed by atoms with E-state index in [-0.39, 0.29) is 11.9 Å². The number of amides is 1. The lowest BCUT2D eigenvalue weighted by molar-refractivity contribution is -0.311. The number of carbonyl (C=O) groups excluding carboxylic acids is 2. The average molecular weight is 210 g/mol. The van der Waals surface area contributed by atoms with E-state index in [0.29, 0.717) is 12.8 Å². The molecule has 1 unspecified atom stereocenters. The summed E-state index contributed by atoms with van der Waals surface area (Å²) in [6, 6.07) is -0.516. The summed E-state index contributed by atoms with van der Waals surface area (Å²) in [5.74, 6) is -1.09. The first-order chi connectivity index (χ1) is 7.20. The highest BCUT2D eigenvalue weighted by molar-refractivity contribution is 5.86. The van der Waals surface area contributed by atoms with Gasteiger partial charge in [0.1, 0.15) is 0 Å². The SMILES string of the molecule is O=C([O-])C1CCC(=O)N1C1CCCCC1. The largest absolute Gasteiger partial charge is 0.548 e. The van der Waals surface area contributed by atoms with Crippen LogP contribution in [0.1, 0.15) is 44.9 Å². The average Bonchev–Trinajstić information content (AvgIpc) is 2.61. The molecule has 1 atom stereocenters. The Labute approximate surface area is 89.3 Å². The highest BCUT2D eigenvalue weighted by Gasteiger charge is 2.36. The predicted molar refractivity (Wildman–Crippen MR) is 51.7 cm³/mol. The van der Waals surface area contributed by atoms with Crippen LogP contribution < -0.4 is 5.11 Å². The number of rotatable bonds is 2. The molecule has 0 radical (unpaired) electrons. The molecule has 0 spiro atoms. The van der Waals surface area contributed by atoms with Gasteiger partial charge in [-0.1, -0.05) is 19.3 Å². The van der Waals surface area contributed by atoms with Crippen molar-refractivity contribution in [2.24, 2.45) is 0 Å². The first kappa shape index (κ1) is 10.5. The molecule has 0 bridgehead atoms. The van der Waals surface area contributed by atoms with Gasteiger partial charge in [0.2, 0.25) is 5.91 Å². The van der Waals surface area contributed by atoms with Crippen molar-refractivity contribution in [3.63, 3.8) is 0 Å². The van der Waals surface area contributed by atoms with Gasteiger partial charge in [0, 0.05) is 12.5 Å². The second-order valence-electron chi connectivity index (χ2n) is 4.47. The van der Waals surface area contributed by atoms with Crippen LogP contribution in [0.5, 0.6) is 0 Å². The minimum Gasteiger partial charge on any atom is -0.548 e. The number of aliphatic carboxylic acids is 1. The van der Waals surface area contributed by atoms with Gasteiger partial charge in [0.25, 0.3) is 0 Å². The van der Waals surface area contributed by atoms with E-state index in [1.54, 1.807) is 4.90 Å². The van der Waals surface area contributed by atoms with Gasteiger partial charge in [0.15, 0.2) is 0 Å². The number of carbonyl (C=O) groups is 2. The molecule has 2 aliphatic rings. The summed E-state index contributed by atoms with van der Waals surface area (Å²) in [6.45, 7) is 0. The van der Waals surface area contributed by atoms with E-state index in [1.165, 1.54) is 6.42 Å². The minimum atomic E-state index is -1.09. The van der Waals surface area contributed by atoms with Crippen molar-refractivity contribution in [3.8, 4) is 0 Å². The van der Waals surface area contributed by atoms with E-state index >= 15 is 0 Å². The first-order valence-electron chi connectivity index (χ1n) is 5.72. The van der Waals surface area contributed by atoms with Gasteiger partial charge in [-0.15, -0.1) is 0 Å². The molecule has 0 aromatic rings. The molecular weight excluding hydrogens is 194 g/mol. The van der Waals surface area contributed by atoms with Crippen molar-refractivity contribution in [2.45, 2.75) is 57.0 Å². The van der Waals surface area contributed by atoms with Crippen molar-refractivity contribution in [1.82, 2.24) is 4.90 Å². The molecule has 1 saturated carbocycles. The van der Waals surface area contributed by atoms with Crippen LogP contribution in [0.3, 0.4) is 0 Å². The van der Waals surface area contributed by atoms with Gasteiger partial charge < -0.3 is 14.8 Å². The van der Waals surface area contributed by atoms with Crippen molar-refractivity contribution >= 4 is 11.9 Å². The summed E-state index contributed by atoms with van der Waals surface area (Å²) in [7, 11) is 0. The Bertz CT molecular complexity index is 271. The van der Waals surface area contributed by atoms with Crippen LogP contribution in [-0.2, 0) is 9.59 Å². The molecule has 0 aromatic heterocycles. The second-order valence-corrected chi connectivity index (χ2v) is 4.47. The van der Waals surface area contributed by atoms with Gasteiger partial charge in [-0.05, 0) is 19.3 Å². The summed E-state index contributed by atoms with van der Waals surface area (Å²) in [5, 5.41) is 10.9. The molecule has 4 nitrogen and oxygen atoms in total. The minimum absolute atomic E-state index is 0.00361. The summed E-state index contributed by atoms with van der Waals surface area (Å²) in [5.41, 5.74) is 0. The highest BCUT2D eigenvalue weighted by Crippen LogP contribution is 2.29. The van der Waals surface area contributed by atoms with E-state index in [4.69, 9.17) is 0 Å². The fourth-order valence-electron chi connectivity index (χ4n) is 2.75. The first-order valence-corrected chi connectivity index (χ1v) is 5.72. The molecule has 1 aliphatic heterocycles. The molecule has 1 aliphatic carbocycles. The summed E-state index contributed by atoms with van der Waals surface area (Å²) in [6.07, 6.45) is 6.12. The van der Waals surface area contributed by atoms with Crippen LogP contribution in [0.15, 0.2) is 0 Å².